The lowest BCUT2D eigenvalue weighted by atomic mass is 9.97. The molecule has 4 N–H and O–H groups in total. The SMILES string of the molecule is C[C@@](N)(CCc1ccc(C#CCCCc2ccccc2)o1)COC(=O)C(=O)OC[C@](C)(N)CCc1ccc(C#CCCCc2ccccc2)o1. The highest BCUT2D eigenvalue weighted by Crippen LogP contribution is 2.17. The van der Waals surface area contributed by atoms with Crippen LogP contribution in [0.2, 0.25) is 0 Å². The summed E-state index contributed by atoms with van der Waals surface area (Å²) < 4.78 is 22.0. The highest BCUT2D eigenvalue weighted by atomic mass is 16.6. The molecule has 0 fully saturated rings. The zero-order chi connectivity index (χ0) is 35.7. The van der Waals surface area contributed by atoms with Gasteiger partial charge in [-0.2, -0.15) is 0 Å². The van der Waals surface area contributed by atoms with Crippen LogP contribution in [0.25, 0.3) is 0 Å². The fraction of sp³-hybridized carbons (Fsp3) is 0.381. The first-order valence-corrected chi connectivity index (χ1v) is 17.2. The van der Waals surface area contributed by atoms with E-state index >= 15 is 0 Å². The minimum absolute atomic E-state index is 0.160. The van der Waals surface area contributed by atoms with Crippen molar-refractivity contribution in [2.24, 2.45) is 11.5 Å². The van der Waals surface area contributed by atoms with Crippen molar-refractivity contribution in [1.29, 1.82) is 0 Å². The van der Waals surface area contributed by atoms with Crippen molar-refractivity contribution in [3.63, 3.8) is 0 Å². The molecule has 0 saturated carbocycles. The molecule has 50 heavy (non-hydrogen) atoms. The highest BCUT2D eigenvalue weighted by Gasteiger charge is 2.28. The average molecular weight is 677 g/mol. The molecule has 8 nitrogen and oxygen atoms in total. The van der Waals surface area contributed by atoms with Gasteiger partial charge in [-0.25, -0.2) is 9.59 Å². The van der Waals surface area contributed by atoms with E-state index in [1.54, 1.807) is 13.8 Å². The van der Waals surface area contributed by atoms with Crippen molar-refractivity contribution in [1.82, 2.24) is 0 Å². The first kappa shape index (κ1) is 37.8. The molecule has 262 valence electrons. The van der Waals surface area contributed by atoms with Crippen LogP contribution in [0.3, 0.4) is 0 Å². The molecule has 4 aromatic rings. The minimum Gasteiger partial charge on any atom is -0.455 e. The summed E-state index contributed by atoms with van der Waals surface area (Å²) in [5, 5.41) is 0. The number of hydrogen-bond donors (Lipinski definition) is 2. The van der Waals surface area contributed by atoms with E-state index in [0.717, 1.165) is 50.0 Å². The molecule has 2 heterocycles. The second-order valence-corrected chi connectivity index (χ2v) is 13.3. The van der Waals surface area contributed by atoms with Gasteiger partial charge in [0.2, 0.25) is 0 Å². The number of aryl methyl sites for hydroxylation is 4. The van der Waals surface area contributed by atoms with Gasteiger partial charge in [-0.15, -0.1) is 0 Å². The number of unbranched alkanes of at least 4 members (excludes halogenated alkanes) is 2. The third-order valence-corrected chi connectivity index (χ3v) is 8.08. The maximum absolute atomic E-state index is 12.3. The molecule has 8 heteroatoms. The summed E-state index contributed by atoms with van der Waals surface area (Å²) in [7, 11) is 0. The van der Waals surface area contributed by atoms with Crippen LogP contribution in [0.5, 0.6) is 0 Å². The third kappa shape index (κ3) is 14.2. The molecule has 2 aromatic carbocycles. The van der Waals surface area contributed by atoms with E-state index < -0.39 is 23.0 Å². The second kappa shape index (κ2) is 19.2. The van der Waals surface area contributed by atoms with Gasteiger partial charge in [0.25, 0.3) is 0 Å². The van der Waals surface area contributed by atoms with Gasteiger partial charge in [0.1, 0.15) is 24.7 Å². The van der Waals surface area contributed by atoms with Crippen LogP contribution < -0.4 is 11.5 Å². The summed E-state index contributed by atoms with van der Waals surface area (Å²) in [6.07, 6.45) is 7.47. The topological polar surface area (TPSA) is 131 Å². The first-order chi connectivity index (χ1) is 24.1. The fourth-order valence-corrected chi connectivity index (χ4v) is 5.05. The highest BCUT2D eigenvalue weighted by molar-refractivity contribution is 6.29. The van der Waals surface area contributed by atoms with Gasteiger partial charge in [0, 0.05) is 36.8 Å². The summed E-state index contributed by atoms with van der Waals surface area (Å²) in [6.45, 7) is 3.17. The van der Waals surface area contributed by atoms with Gasteiger partial charge in [0.05, 0.1) is 0 Å². The Morgan fingerprint density at radius 1 is 0.600 bits per heavy atom. The molecule has 0 bridgehead atoms. The lowest BCUT2D eigenvalue weighted by Crippen LogP contribution is -2.45. The predicted molar refractivity (Wildman–Crippen MR) is 194 cm³/mol. The van der Waals surface area contributed by atoms with Crippen LogP contribution in [0.4, 0.5) is 0 Å². The molecule has 0 unspecified atom stereocenters. The molecule has 0 saturated heterocycles. The summed E-state index contributed by atoms with van der Waals surface area (Å²) in [4.78, 5) is 24.7. The number of ether oxygens (including phenoxy) is 2. The molecule has 2 atom stereocenters. The Kier molecular flexibility index (Phi) is 14.5. The Balaban J connectivity index is 1.09. The zero-order valence-electron chi connectivity index (χ0n) is 29.2. The standard InChI is InChI=1S/C42H48N2O6/c1-41(43,29-27-37-25-23-35(49-37)21-13-5-11-19-33-15-7-3-8-16-33)31-47-39(45)40(46)48-32-42(2,44)30-28-38-26-24-36(50-38)22-14-6-12-20-34-17-9-4-10-18-34/h3-4,7-10,15-18,23-26H,5-6,11-12,19-20,27-32,43-44H2,1-2H3/t41-,42-/m1/s1. The van der Waals surface area contributed by atoms with Crippen LogP contribution >= 0.6 is 0 Å². The first-order valence-electron chi connectivity index (χ1n) is 17.2. The molecular formula is C42H48N2O6. The number of carbonyl (C=O) groups excluding carboxylic acids is 2. The smallest absolute Gasteiger partial charge is 0.417 e. The Labute approximate surface area is 295 Å². The van der Waals surface area contributed by atoms with Crippen LogP contribution in [-0.4, -0.2) is 36.2 Å². The lowest BCUT2D eigenvalue weighted by molar-refractivity contribution is -0.169. The maximum atomic E-state index is 12.3. The molecule has 2 aromatic heterocycles. The Morgan fingerprint density at radius 3 is 1.40 bits per heavy atom. The van der Waals surface area contributed by atoms with E-state index in [-0.39, 0.29) is 13.2 Å². The number of hydrogen-bond acceptors (Lipinski definition) is 8. The molecule has 0 aliphatic rings. The zero-order valence-corrected chi connectivity index (χ0v) is 29.2. The van der Waals surface area contributed by atoms with E-state index in [4.69, 9.17) is 29.8 Å². The van der Waals surface area contributed by atoms with Crippen molar-refractivity contribution in [3.05, 3.63) is 119 Å². The number of furan rings is 2. The lowest BCUT2D eigenvalue weighted by Gasteiger charge is -2.25. The van der Waals surface area contributed by atoms with Gasteiger partial charge < -0.3 is 29.8 Å². The summed E-state index contributed by atoms with van der Waals surface area (Å²) in [6, 6.07) is 28.1. The molecular weight excluding hydrogens is 628 g/mol. The summed E-state index contributed by atoms with van der Waals surface area (Å²) >= 11 is 0. The van der Waals surface area contributed by atoms with Gasteiger partial charge in [-0.05, 0) is 99.6 Å². The number of rotatable bonds is 16. The van der Waals surface area contributed by atoms with Crippen molar-refractivity contribution >= 4 is 11.9 Å². The predicted octanol–water partition coefficient (Wildman–Crippen LogP) is 6.71. The van der Waals surface area contributed by atoms with Gasteiger partial charge in [-0.3, -0.25) is 0 Å². The Bertz CT molecular complexity index is 1630. The molecule has 0 radical (unpaired) electrons. The van der Waals surface area contributed by atoms with Gasteiger partial charge in [-0.1, -0.05) is 72.5 Å². The van der Waals surface area contributed by atoms with E-state index in [1.807, 2.05) is 60.7 Å². The summed E-state index contributed by atoms with van der Waals surface area (Å²) in [5.74, 6) is 12.9. The number of benzene rings is 2. The van der Waals surface area contributed by atoms with E-state index in [9.17, 15) is 9.59 Å². The molecule has 0 amide bonds. The van der Waals surface area contributed by atoms with E-state index in [1.165, 1.54) is 11.1 Å². The van der Waals surface area contributed by atoms with Gasteiger partial charge in [0.15, 0.2) is 11.5 Å². The minimum atomic E-state index is -1.11. The third-order valence-electron chi connectivity index (χ3n) is 8.08. The molecule has 0 aliphatic heterocycles. The monoisotopic (exact) mass is 676 g/mol. The quantitative estimate of drug-likeness (QED) is 0.0580. The second-order valence-electron chi connectivity index (χ2n) is 13.3. The van der Waals surface area contributed by atoms with Crippen molar-refractivity contribution in [2.45, 2.75) is 89.1 Å². The largest absolute Gasteiger partial charge is 0.455 e. The van der Waals surface area contributed by atoms with E-state index in [2.05, 4.69) is 47.9 Å². The van der Waals surface area contributed by atoms with Crippen LogP contribution in [0.15, 0.2) is 93.8 Å². The van der Waals surface area contributed by atoms with Gasteiger partial charge >= 0.3 is 11.9 Å². The average Bonchev–Trinajstić information content (AvgIpc) is 3.78. The Hall–Kier alpha value is -5.02. The van der Waals surface area contributed by atoms with Crippen LogP contribution in [0.1, 0.15) is 86.5 Å². The van der Waals surface area contributed by atoms with E-state index in [0.29, 0.717) is 37.2 Å². The molecule has 0 spiro atoms. The van der Waals surface area contributed by atoms with Crippen molar-refractivity contribution in [2.75, 3.05) is 13.2 Å². The number of carbonyl (C=O) groups is 2. The fourth-order valence-electron chi connectivity index (χ4n) is 5.05. The van der Waals surface area contributed by atoms with Crippen molar-refractivity contribution < 1.29 is 27.9 Å². The Morgan fingerprint density at radius 2 is 1.00 bits per heavy atom. The van der Waals surface area contributed by atoms with Crippen molar-refractivity contribution in [3.8, 4) is 23.7 Å². The maximum Gasteiger partial charge on any atom is 0.417 e. The summed E-state index contributed by atoms with van der Waals surface area (Å²) in [5.41, 5.74) is 13.5. The molecule has 4 rings (SSSR count). The van der Waals surface area contributed by atoms with Crippen LogP contribution in [0, 0.1) is 23.7 Å². The number of nitrogens with two attached hydrogens (primary N) is 2. The van der Waals surface area contributed by atoms with Crippen LogP contribution in [-0.2, 0) is 44.7 Å². The molecule has 0 aliphatic carbocycles. The number of esters is 2. The normalized spacial score (nSPS) is 13.1.